The van der Waals surface area contributed by atoms with E-state index in [0.29, 0.717) is 11.1 Å². The van der Waals surface area contributed by atoms with E-state index < -0.39 is 11.9 Å². The highest BCUT2D eigenvalue weighted by Crippen LogP contribution is 2.40. The van der Waals surface area contributed by atoms with E-state index in [1.807, 2.05) is 24.3 Å². The molecule has 0 fully saturated rings. The molecule has 0 aromatic heterocycles. The van der Waals surface area contributed by atoms with Crippen molar-refractivity contribution in [1.29, 1.82) is 0 Å². The molecule has 0 aliphatic carbocycles. The van der Waals surface area contributed by atoms with Crippen molar-refractivity contribution in [1.82, 2.24) is 0 Å². The molecule has 4 nitrogen and oxygen atoms in total. The summed E-state index contributed by atoms with van der Waals surface area (Å²) in [6.07, 6.45) is 0. The van der Waals surface area contributed by atoms with Crippen LogP contribution in [0.2, 0.25) is 0 Å². The molecule has 0 saturated carbocycles. The van der Waals surface area contributed by atoms with E-state index in [-0.39, 0.29) is 22.3 Å². The quantitative estimate of drug-likeness (QED) is 0.746. The second-order valence-electron chi connectivity index (χ2n) is 9.00. The number of carbonyl (C=O) groups is 1. The standard InChI is InChI=1S/C23H30O4/c1-22(2,3)14-8-10-18(24)16(12-14)20(21(26)27-7)17-13-15(23(4,5)6)9-11-19(17)25/h8-13,20,24-25H,1-7H3. The number of carbonyl (C=O) groups excluding carboxylic acids is 1. The number of ether oxygens (including phenoxy) is 1. The van der Waals surface area contributed by atoms with Gasteiger partial charge in [-0.05, 0) is 34.1 Å². The Morgan fingerprint density at radius 2 is 1.19 bits per heavy atom. The van der Waals surface area contributed by atoms with Gasteiger partial charge >= 0.3 is 5.97 Å². The average Bonchev–Trinajstić information content (AvgIpc) is 2.55. The molecule has 4 heteroatoms. The number of aromatic hydroxyl groups is 2. The van der Waals surface area contributed by atoms with Crippen LogP contribution in [0.25, 0.3) is 0 Å². The Labute approximate surface area is 161 Å². The van der Waals surface area contributed by atoms with Gasteiger partial charge in [-0.15, -0.1) is 0 Å². The Hall–Kier alpha value is -2.49. The molecule has 27 heavy (non-hydrogen) atoms. The predicted molar refractivity (Wildman–Crippen MR) is 107 cm³/mol. The van der Waals surface area contributed by atoms with E-state index in [1.54, 1.807) is 12.1 Å². The molecule has 0 radical (unpaired) electrons. The van der Waals surface area contributed by atoms with Crippen molar-refractivity contribution >= 4 is 5.97 Å². The lowest BCUT2D eigenvalue weighted by Gasteiger charge is -2.25. The summed E-state index contributed by atoms with van der Waals surface area (Å²) in [5, 5.41) is 21.0. The number of rotatable bonds is 3. The van der Waals surface area contributed by atoms with Crippen molar-refractivity contribution in [2.24, 2.45) is 0 Å². The maximum Gasteiger partial charge on any atom is 0.317 e. The summed E-state index contributed by atoms with van der Waals surface area (Å²) in [7, 11) is 1.31. The second kappa shape index (κ2) is 7.26. The Morgan fingerprint density at radius 1 is 0.815 bits per heavy atom. The smallest absolute Gasteiger partial charge is 0.317 e. The van der Waals surface area contributed by atoms with Gasteiger partial charge in [-0.3, -0.25) is 4.79 Å². The zero-order chi connectivity index (χ0) is 20.6. The van der Waals surface area contributed by atoms with Gasteiger partial charge in [0.05, 0.1) is 7.11 Å². The van der Waals surface area contributed by atoms with E-state index in [4.69, 9.17) is 4.74 Å². The molecular formula is C23H30O4. The van der Waals surface area contributed by atoms with Crippen LogP contribution in [-0.4, -0.2) is 23.3 Å². The van der Waals surface area contributed by atoms with Gasteiger partial charge in [-0.25, -0.2) is 0 Å². The van der Waals surface area contributed by atoms with E-state index in [0.717, 1.165) is 11.1 Å². The topological polar surface area (TPSA) is 66.8 Å². The highest BCUT2D eigenvalue weighted by molar-refractivity contribution is 5.84. The van der Waals surface area contributed by atoms with Crippen molar-refractivity contribution in [2.75, 3.05) is 7.11 Å². The number of hydrogen-bond acceptors (Lipinski definition) is 4. The summed E-state index contributed by atoms with van der Waals surface area (Å²) in [6.45, 7) is 12.4. The minimum absolute atomic E-state index is 0.000961. The van der Waals surface area contributed by atoms with E-state index in [9.17, 15) is 15.0 Å². The molecule has 2 N–H and O–H groups in total. The summed E-state index contributed by atoms with van der Waals surface area (Å²) in [5.74, 6) is -1.45. The van der Waals surface area contributed by atoms with Gasteiger partial charge in [0.25, 0.3) is 0 Å². The van der Waals surface area contributed by atoms with Crippen LogP contribution < -0.4 is 0 Å². The van der Waals surface area contributed by atoms with Gasteiger partial charge in [0.1, 0.15) is 17.4 Å². The van der Waals surface area contributed by atoms with Gasteiger partial charge in [0, 0.05) is 11.1 Å². The Morgan fingerprint density at radius 3 is 1.48 bits per heavy atom. The SMILES string of the molecule is COC(=O)C(c1cc(C(C)(C)C)ccc1O)c1cc(C(C)(C)C)ccc1O. The molecule has 0 bridgehead atoms. The lowest BCUT2D eigenvalue weighted by Crippen LogP contribution is -2.19. The lowest BCUT2D eigenvalue weighted by atomic mass is 9.80. The average molecular weight is 370 g/mol. The fourth-order valence-corrected chi connectivity index (χ4v) is 3.04. The second-order valence-corrected chi connectivity index (χ2v) is 9.00. The number of hydrogen-bond donors (Lipinski definition) is 2. The fraction of sp³-hybridized carbons (Fsp3) is 0.435. The first-order valence-electron chi connectivity index (χ1n) is 9.11. The molecule has 2 rings (SSSR count). The van der Waals surface area contributed by atoms with E-state index >= 15 is 0 Å². The van der Waals surface area contributed by atoms with Gasteiger partial charge in [0.2, 0.25) is 0 Å². The van der Waals surface area contributed by atoms with Crippen molar-refractivity contribution in [2.45, 2.75) is 58.3 Å². The third-order valence-electron chi connectivity index (χ3n) is 4.85. The van der Waals surface area contributed by atoms with Crippen LogP contribution in [0.4, 0.5) is 0 Å². The molecule has 146 valence electrons. The zero-order valence-electron chi connectivity index (χ0n) is 17.3. The number of esters is 1. The Kier molecular flexibility index (Phi) is 5.60. The molecule has 0 unspecified atom stereocenters. The maximum absolute atomic E-state index is 12.7. The Bertz CT molecular complexity index is 775. The molecule has 0 heterocycles. The van der Waals surface area contributed by atoms with Gasteiger partial charge in [-0.2, -0.15) is 0 Å². The minimum atomic E-state index is -0.917. The van der Waals surface area contributed by atoms with Crippen LogP contribution >= 0.6 is 0 Å². The minimum Gasteiger partial charge on any atom is -0.508 e. The zero-order valence-corrected chi connectivity index (χ0v) is 17.3. The van der Waals surface area contributed by atoms with Gasteiger partial charge in [-0.1, -0.05) is 65.8 Å². The van der Waals surface area contributed by atoms with Crippen molar-refractivity contribution < 1.29 is 19.7 Å². The predicted octanol–water partition coefficient (Wildman–Crippen LogP) is 5.00. The maximum atomic E-state index is 12.7. The highest BCUT2D eigenvalue weighted by atomic mass is 16.5. The van der Waals surface area contributed by atoms with Gasteiger partial charge < -0.3 is 14.9 Å². The number of benzene rings is 2. The van der Waals surface area contributed by atoms with Crippen LogP contribution in [0.1, 0.15) is 69.7 Å². The van der Waals surface area contributed by atoms with E-state index in [1.165, 1.54) is 7.11 Å². The molecule has 0 amide bonds. The van der Waals surface area contributed by atoms with Crippen molar-refractivity contribution in [3.05, 3.63) is 58.7 Å². The molecule has 0 aliphatic rings. The molecule has 2 aromatic carbocycles. The monoisotopic (exact) mass is 370 g/mol. The number of phenolic OH excluding ortho intramolecular Hbond substituents is 2. The first-order chi connectivity index (χ1) is 12.4. The number of methoxy groups -OCH3 is 1. The first-order valence-corrected chi connectivity index (χ1v) is 9.11. The van der Waals surface area contributed by atoms with Crippen molar-refractivity contribution in [3.63, 3.8) is 0 Å². The van der Waals surface area contributed by atoms with Crippen LogP contribution in [0.3, 0.4) is 0 Å². The third kappa shape index (κ3) is 4.44. The molecule has 2 aromatic rings. The van der Waals surface area contributed by atoms with Crippen LogP contribution in [0, 0.1) is 0 Å². The Balaban J connectivity index is 2.74. The first kappa shape index (κ1) is 20.8. The molecular weight excluding hydrogens is 340 g/mol. The normalized spacial score (nSPS) is 12.3. The van der Waals surface area contributed by atoms with Gasteiger partial charge in [0.15, 0.2) is 0 Å². The number of phenols is 2. The largest absolute Gasteiger partial charge is 0.508 e. The van der Waals surface area contributed by atoms with Crippen molar-refractivity contribution in [3.8, 4) is 11.5 Å². The molecule has 0 atom stereocenters. The molecule has 0 saturated heterocycles. The van der Waals surface area contributed by atoms with Crippen LogP contribution in [-0.2, 0) is 20.4 Å². The molecule has 0 spiro atoms. The summed E-state index contributed by atoms with van der Waals surface area (Å²) in [4.78, 5) is 12.7. The summed E-state index contributed by atoms with van der Waals surface area (Å²) in [5.41, 5.74) is 2.51. The summed E-state index contributed by atoms with van der Waals surface area (Å²) < 4.78 is 5.02. The summed E-state index contributed by atoms with van der Waals surface area (Å²) in [6, 6.07) is 10.5. The molecule has 0 aliphatic heterocycles. The lowest BCUT2D eigenvalue weighted by molar-refractivity contribution is -0.141. The van der Waals surface area contributed by atoms with E-state index in [2.05, 4.69) is 41.5 Å². The van der Waals surface area contributed by atoms with Crippen LogP contribution in [0.5, 0.6) is 11.5 Å². The highest BCUT2D eigenvalue weighted by Gasteiger charge is 2.31. The summed E-state index contributed by atoms with van der Waals surface area (Å²) >= 11 is 0. The fourth-order valence-electron chi connectivity index (χ4n) is 3.04. The van der Waals surface area contributed by atoms with Crippen LogP contribution in [0.15, 0.2) is 36.4 Å². The third-order valence-corrected chi connectivity index (χ3v) is 4.85.